The summed E-state index contributed by atoms with van der Waals surface area (Å²) >= 11 is 0. The Hall–Kier alpha value is -0.0800. The number of ether oxygens (including phenoxy) is 1. The lowest BCUT2D eigenvalue weighted by molar-refractivity contribution is -0.0397. The molecule has 1 aliphatic carbocycles. The van der Waals surface area contributed by atoms with Crippen LogP contribution in [0.4, 0.5) is 0 Å². The first kappa shape index (κ1) is 15.0. The number of hydrogen-bond acceptors (Lipinski definition) is 2. The van der Waals surface area contributed by atoms with Crippen molar-refractivity contribution in [1.82, 2.24) is 0 Å². The second-order valence-electron chi connectivity index (χ2n) is 6.60. The maximum atomic E-state index is 10.3. The molecule has 1 N–H and O–H groups in total. The normalized spacial score (nSPS) is 32.5. The number of hydrogen-bond donors (Lipinski definition) is 1. The summed E-state index contributed by atoms with van der Waals surface area (Å²) in [6.45, 7) is 10.0. The molecule has 102 valence electrons. The minimum absolute atomic E-state index is 0.112. The molecule has 1 fully saturated rings. The molecule has 2 heteroatoms. The molecule has 0 radical (unpaired) electrons. The summed E-state index contributed by atoms with van der Waals surface area (Å²) < 4.78 is 5.18. The molecule has 0 bridgehead atoms. The van der Waals surface area contributed by atoms with Gasteiger partial charge in [0.25, 0.3) is 0 Å². The van der Waals surface area contributed by atoms with E-state index in [0.29, 0.717) is 17.8 Å². The van der Waals surface area contributed by atoms with Crippen LogP contribution in [0.2, 0.25) is 0 Å². The van der Waals surface area contributed by atoms with Gasteiger partial charge in [-0.25, -0.2) is 0 Å². The van der Waals surface area contributed by atoms with Gasteiger partial charge in [0.1, 0.15) is 0 Å². The van der Waals surface area contributed by atoms with Crippen LogP contribution in [0.3, 0.4) is 0 Å². The highest BCUT2D eigenvalue weighted by molar-refractivity contribution is 4.90. The lowest BCUT2D eigenvalue weighted by Crippen LogP contribution is -2.42. The second kappa shape index (κ2) is 6.19. The summed E-state index contributed by atoms with van der Waals surface area (Å²) in [5.41, 5.74) is 0.206. The quantitative estimate of drug-likeness (QED) is 0.799. The van der Waals surface area contributed by atoms with Crippen LogP contribution in [-0.2, 0) is 4.74 Å². The van der Waals surface area contributed by atoms with E-state index in [9.17, 15) is 5.11 Å². The molecule has 1 saturated carbocycles. The van der Waals surface area contributed by atoms with Crippen LogP contribution >= 0.6 is 0 Å². The Morgan fingerprint density at radius 2 is 2.00 bits per heavy atom. The van der Waals surface area contributed by atoms with Crippen LogP contribution in [0, 0.1) is 23.2 Å². The van der Waals surface area contributed by atoms with E-state index in [0.717, 1.165) is 19.4 Å². The molecule has 0 aliphatic heterocycles. The van der Waals surface area contributed by atoms with Crippen molar-refractivity contribution >= 4 is 0 Å². The van der Waals surface area contributed by atoms with E-state index in [1.165, 1.54) is 12.8 Å². The fourth-order valence-corrected chi connectivity index (χ4v) is 3.25. The first-order valence-electron chi connectivity index (χ1n) is 7.06. The molecule has 0 aromatic heterocycles. The topological polar surface area (TPSA) is 29.5 Å². The van der Waals surface area contributed by atoms with Crippen LogP contribution < -0.4 is 0 Å². The average molecular weight is 242 g/mol. The molecule has 0 amide bonds. The first-order chi connectivity index (χ1) is 7.89. The monoisotopic (exact) mass is 242 g/mol. The van der Waals surface area contributed by atoms with Crippen LogP contribution in [0.5, 0.6) is 0 Å². The summed E-state index contributed by atoms with van der Waals surface area (Å²) in [5.74, 6) is 1.73. The van der Waals surface area contributed by atoms with Gasteiger partial charge in [-0.05, 0) is 42.4 Å². The van der Waals surface area contributed by atoms with Crippen molar-refractivity contribution in [3.05, 3.63) is 0 Å². The lowest BCUT2D eigenvalue weighted by Gasteiger charge is -2.45. The third-order valence-electron chi connectivity index (χ3n) is 5.06. The molecule has 4 atom stereocenters. The summed E-state index contributed by atoms with van der Waals surface area (Å²) in [6.07, 6.45) is 4.39. The molecule has 2 nitrogen and oxygen atoms in total. The van der Waals surface area contributed by atoms with E-state index in [2.05, 4.69) is 27.7 Å². The molecule has 0 heterocycles. The van der Waals surface area contributed by atoms with Crippen LogP contribution in [0.1, 0.15) is 53.4 Å². The van der Waals surface area contributed by atoms with E-state index < -0.39 is 0 Å². The van der Waals surface area contributed by atoms with E-state index in [4.69, 9.17) is 4.74 Å². The second-order valence-corrected chi connectivity index (χ2v) is 6.60. The Labute approximate surface area is 107 Å². The predicted molar refractivity (Wildman–Crippen MR) is 71.9 cm³/mol. The van der Waals surface area contributed by atoms with Crippen LogP contribution in [0.25, 0.3) is 0 Å². The Morgan fingerprint density at radius 1 is 1.35 bits per heavy atom. The summed E-state index contributed by atoms with van der Waals surface area (Å²) in [6, 6.07) is 0. The Kier molecular flexibility index (Phi) is 5.46. The zero-order valence-corrected chi connectivity index (χ0v) is 12.2. The third kappa shape index (κ3) is 3.69. The Morgan fingerprint density at radius 3 is 2.53 bits per heavy atom. The van der Waals surface area contributed by atoms with Crippen molar-refractivity contribution in [2.45, 2.75) is 59.5 Å². The minimum Gasteiger partial charge on any atom is -0.393 e. The van der Waals surface area contributed by atoms with Crippen molar-refractivity contribution in [3.8, 4) is 0 Å². The van der Waals surface area contributed by atoms with Gasteiger partial charge in [-0.2, -0.15) is 0 Å². The van der Waals surface area contributed by atoms with Gasteiger partial charge in [0.2, 0.25) is 0 Å². The minimum atomic E-state index is -0.112. The van der Waals surface area contributed by atoms with Gasteiger partial charge in [0.05, 0.1) is 6.10 Å². The van der Waals surface area contributed by atoms with Crippen molar-refractivity contribution in [3.63, 3.8) is 0 Å². The smallest absolute Gasteiger partial charge is 0.0576 e. The van der Waals surface area contributed by atoms with E-state index in [1.54, 1.807) is 7.11 Å². The third-order valence-corrected chi connectivity index (χ3v) is 5.06. The molecule has 1 rings (SSSR count). The first-order valence-corrected chi connectivity index (χ1v) is 7.06. The van der Waals surface area contributed by atoms with Gasteiger partial charge in [-0.3, -0.25) is 0 Å². The fraction of sp³-hybridized carbons (Fsp3) is 1.00. The summed E-state index contributed by atoms with van der Waals surface area (Å²) in [5, 5.41) is 10.3. The fourth-order valence-electron chi connectivity index (χ4n) is 3.25. The van der Waals surface area contributed by atoms with Crippen molar-refractivity contribution < 1.29 is 9.84 Å². The van der Waals surface area contributed by atoms with Gasteiger partial charge in [0.15, 0.2) is 0 Å². The van der Waals surface area contributed by atoms with Crippen LogP contribution in [0.15, 0.2) is 0 Å². The van der Waals surface area contributed by atoms with E-state index >= 15 is 0 Å². The van der Waals surface area contributed by atoms with Gasteiger partial charge >= 0.3 is 0 Å². The zero-order chi connectivity index (χ0) is 13.1. The highest BCUT2D eigenvalue weighted by Gasteiger charge is 2.40. The van der Waals surface area contributed by atoms with E-state index in [1.807, 2.05) is 0 Å². The van der Waals surface area contributed by atoms with Crippen molar-refractivity contribution in [2.75, 3.05) is 13.7 Å². The molecule has 0 spiro atoms. The molecule has 4 unspecified atom stereocenters. The highest BCUT2D eigenvalue weighted by atomic mass is 16.5. The standard InChI is InChI=1S/C15H30O2/c1-11-6-7-13(14(16)10-11)15(3,4)12(2)8-9-17-5/h11-14,16H,6-10H2,1-5H3. The van der Waals surface area contributed by atoms with Crippen molar-refractivity contribution in [2.24, 2.45) is 23.2 Å². The molecule has 17 heavy (non-hydrogen) atoms. The summed E-state index contributed by atoms with van der Waals surface area (Å²) in [4.78, 5) is 0. The predicted octanol–water partition coefficient (Wildman–Crippen LogP) is 3.48. The largest absolute Gasteiger partial charge is 0.393 e. The number of methoxy groups -OCH3 is 1. The Balaban J connectivity index is 2.61. The maximum Gasteiger partial charge on any atom is 0.0576 e. The molecule has 0 aromatic rings. The molecule has 1 aliphatic rings. The number of rotatable bonds is 5. The average Bonchev–Trinajstić information content (AvgIpc) is 2.25. The molecular weight excluding hydrogens is 212 g/mol. The molecule has 0 aromatic carbocycles. The van der Waals surface area contributed by atoms with Crippen LogP contribution in [-0.4, -0.2) is 24.9 Å². The Bertz CT molecular complexity index is 225. The summed E-state index contributed by atoms with van der Waals surface area (Å²) in [7, 11) is 1.76. The molecular formula is C15H30O2. The zero-order valence-electron chi connectivity index (χ0n) is 12.2. The number of aliphatic hydroxyl groups excluding tert-OH is 1. The SMILES string of the molecule is COCCC(C)C(C)(C)C1CCC(C)CC1O. The maximum absolute atomic E-state index is 10.3. The van der Waals surface area contributed by atoms with Gasteiger partial charge < -0.3 is 9.84 Å². The lowest BCUT2D eigenvalue weighted by atomic mass is 9.62. The van der Waals surface area contributed by atoms with E-state index in [-0.39, 0.29) is 11.5 Å². The van der Waals surface area contributed by atoms with Gasteiger partial charge in [0, 0.05) is 13.7 Å². The van der Waals surface area contributed by atoms with Gasteiger partial charge in [-0.15, -0.1) is 0 Å². The molecule has 0 saturated heterocycles. The van der Waals surface area contributed by atoms with Gasteiger partial charge in [-0.1, -0.05) is 34.1 Å². The number of aliphatic hydroxyl groups is 1. The van der Waals surface area contributed by atoms with Crippen molar-refractivity contribution in [1.29, 1.82) is 0 Å². The highest BCUT2D eigenvalue weighted by Crippen LogP contribution is 2.45.